The summed E-state index contributed by atoms with van der Waals surface area (Å²) in [6, 6.07) is 2.00. The highest BCUT2D eigenvalue weighted by atomic mass is 16.3. The maximum atomic E-state index is 9.57. The van der Waals surface area contributed by atoms with E-state index in [1.54, 1.807) is 6.20 Å². The monoisotopic (exact) mass is 179 g/mol. The van der Waals surface area contributed by atoms with Gasteiger partial charge in [-0.05, 0) is 37.5 Å². The molecule has 1 heterocycles. The molecule has 0 spiro atoms. The molecule has 2 unspecified atom stereocenters. The summed E-state index contributed by atoms with van der Waals surface area (Å²) in [6.45, 7) is 5.97. The fourth-order valence-electron chi connectivity index (χ4n) is 1.72. The predicted molar refractivity (Wildman–Crippen MR) is 53.7 cm³/mol. The Morgan fingerprint density at radius 3 is 2.69 bits per heavy atom. The van der Waals surface area contributed by atoms with Crippen LogP contribution in [0.15, 0.2) is 18.5 Å². The summed E-state index contributed by atoms with van der Waals surface area (Å²) in [5.41, 5.74) is 2.38. The van der Waals surface area contributed by atoms with Gasteiger partial charge in [0.25, 0.3) is 0 Å². The first kappa shape index (κ1) is 10.2. The van der Waals surface area contributed by atoms with E-state index in [2.05, 4.69) is 11.9 Å². The lowest BCUT2D eigenvalue weighted by atomic mass is 9.90. The van der Waals surface area contributed by atoms with E-state index < -0.39 is 0 Å². The Morgan fingerprint density at radius 2 is 2.23 bits per heavy atom. The minimum Gasteiger partial charge on any atom is -0.393 e. The number of hydrogen-bond donors (Lipinski definition) is 1. The summed E-state index contributed by atoms with van der Waals surface area (Å²) in [6.07, 6.45) is 4.31. The van der Waals surface area contributed by atoms with Gasteiger partial charge in [-0.1, -0.05) is 6.92 Å². The number of aromatic nitrogens is 1. The molecular weight excluding hydrogens is 162 g/mol. The number of aliphatic hydroxyl groups is 1. The topological polar surface area (TPSA) is 33.1 Å². The van der Waals surface area contributed by atoms with Crippen LogP contribution >= 0.6 is 0 Å². The minimum absolute atomic E-state index is 0.239. The van der Waals surface area contributed by atoms with Crippen LogP contribution in [0.1, 0.15) is 37.3 Å². The first-order chi connectivity index (χ1) is 6.16. The van der Waals surface area contributed by atoms with Crippen molar-refractivity contribution in [2.24, 2.45) is 0 Å². The Hall–Kier alpha value is -0.890. The largest absolute Gasteiger partial charge is 0.393 e. The molecule has 0 fully saturated rings. The van der Waals surface area contributed by atoms with Gasteiger partial charge in [0.15, 0.2) is 0 Å². The molecule has 13 heavy (non-hydrogen) atoms. The Bertz CT molecular complexity index is 271. The molecule has 0 amide bonds. The van der Waals surface area contributed by atoms with Crippen molar-refractivity contribution < 1.29 is 5.11 Å². The Labute approximate surface area is 79.6 Å². The molecule has 0 radical (unpaired) electrons. The number of pyridine rings is 1. The highest BCUT2D eigenvalue weighted by molar-refractivity contribution is 5.26. The van der Waals surface area contributed by atoms with Crippen LogP contribution < -0.4 is 0 Å². The van der Waals surface area contributed by atoms with Gasteiger partial charge < -0.3 is 5.11 Å². The van der Waals surface area contributed by atoms with Crippen molar-refractivity contribution >= 4 is 0 Å². The van der Waals surface area contributed by atoms with E-state index in [9.17, 15) is 5.11 Å². The smallest absolute Gasteiger partial charge is 0.0580 e. The number of nitrogens with zero attached hydrogens (tertiary/aromatic N) is 1. The van der Waals surface area contributed by atoms with E-state index in [-0.39, 0.29) is 12.0 Å². The third-order valence-electron chi connectivity index (χ3n) is 2.49. The summed E-state index contributed by atoms with van der Waals surface area (Å²) in [4.78, 5) is 4.04. The summed E-state index contributed by atoms with van der Waals surface area (Å²) in [5.74, 6) is 0.239. The van der Waals surface area contributed by atoms with Crippen molar-refractivity contribution in [1.82, 2.24) is 4.98 Å². The van der Waals surface area contributed by atoms with Gasteiger partial charge in [-0.25, -0.2) is 0 Å². The second kappa shape index (κ2) is 4.38. The summed E-state index contributed by atoms with van der Waals surface area (Å²) < 4.78 is 0. The van der Waals surface area contributed by atoms with E-state index in [4.69, 9.17) is 0 Å². The van der Waals surface area contributed by atoms with Crippen molar-refractivity contribution in [2.75, 3.05) is 0 Å². The van der Waals surface area contributed by atoms with Crippen LogP contribution in [0.4, 0.5) is 0 Å². The zero-order valence-electron chi connectivity index (χ0n) is 8.49. The van der Waals surface area contributed by atoms with Crippen LogP contribution in [0.2, 0.25) is 0 Å². The van der Waals surface area contributed by atoms with Gasteiger partial charge in [-0.2, -0.15) is 0 Å². The van der Waals surface area contributed by atoms with Crippen molar-refractivity contribution in [3.8, 4) is 0 Å². The molecule has 72 valence electrons. The lowest BCUT2D eigenvalue weighted by Gasteiger charge is -2.19. The van der Waals surface area contributed by atoms with Crippen LogP contribution in [0.5, 0.6) is 0 Å². The van der Waals surface area contributed by atoms with Crippen LogP contribution in [-0.2, 0) is 0 Å². The lowest BCUT2D eigenvalue weighted by molar-refractivity contribution is 0.159. The molecule has 1 N–H and O–H groups in total. The average Bonchev–Trinajstić information content (AvgIpc) is 2.09. The van der Waals surface area contributed by atoms with Crippen LogP contribution in [0, 0.1) is 6.92 Å². The lowest BCUT2D eigenvalue weighted by Crippen LogP contribution is -2.14. The van der Waals surface area contributed by atoms with Crippen molar-refractivity contribution in [2.45, 2.75) is 39.2 Å². The summed E-state index contributed by atoms with van der Waals surface area (Å²) >= 11 is 0. The molecule has 1 rings (SSSR count). The molecule has 1 aromatic heterocycles. The second-order valence-corrected chi connectivity index (χ2v) is 3.49. The second-order valence-electron chi connectivity index (χ2n) is 3.49. The molecule has 0 saturated carbocycles. The molecule has 0 aliphatic carbocycles. The maximum absolute atomic E-state index is 9.57. The van der Waals surface area contributed by atoms with E-state index in [0.717, 1.165) is 12.0 Å². The van der Waals surface area contributed by atoms with Crippen LogP contribution in [0.25, 0.3) is 0 Å². The zero-order chi connectivity index (χ0) is 9.84. The van der Waals surface area contributed by atoms with Gasteiger partial charge in [0.2, 0.25) is 0 Å². The Kier molecular flexibility index (Phi) is 3.43. The standard InChI is InChI=1S/C11H17NO/c1-4-10(9(3)13)11-5-6-12-7-8(11)2/h5-7,9-10,13H,4H2,1-3H3. The third-order valence-corrected chi connectivity index (χ3v) is 2.49. The summed E-state index contributed by atoms with van der Waals surface area (Å²) in [5, 5.41) is 9.57. The van der Waals surface area contributed by atoms with E-state index in [1.807, 2.05) is 26.1 Å². The molecule has 2 heteroatoms. The highest BCUT2D eigenvalue weighted by Gasteiger charge is 2.16. The van der Waals surface area contributed by atoms with Gasteiger partial charge >= 0.3 is 0 Å². The number of aliphatic hydroxyl groups excluding tert-OH is 1. The first-order valence-electron chi connectivity index (χ1n) is 4.75. The molecule has 2 atom stereocenters. The highest BCUT2D eigenvalue weighted by Crippen LogP contribution is 2.25. The zero-order valence-corrected chi connectivity index (χ0v) is 8.49. The molecule has 0 bridgehead atoms. The van der Waals surface area contributed by atoms with Gasteiger partial charge in [0.1, 0.15) is 0 Å². The first-order valence-corrected chi connectivity index (χ1v) is 4.75. The van der Waals surface area contributed by atoms with E-state index in [1.165, 1.54) is 5.56 Å². The van der Waals surface area contributed by atoms with Gasteiger partial charge in [0, 0.05) is 18.3 Å². The number of rotatable bonds is 3. The maximum Gasteiger partial charge on any atom is 0.0580 e. The molecule has 0 aromatic carbocycles. The van der Waals surface area contributed by atoms with Gasteiger partial charge in [-0.15, -0.1) is 0 Å². The van der Waals surface area contributed by atoms with Crippen molar-refractivity contribution in [3.05, 3.63) is 29.6 Å². The van der Waals surface area contributed by atoms with Gasteiger partial charge in [0.05, 0.1) is 6.10 Å². The molecule has 0 aliphatic rings. The fraction of sp³-hybridized carbons (Fsp3) is 0.545. The van der Waals surface area contributed by atoms with Crippen LogP contribution in [-0.4, -0.2) is 16.2 Å². The fourth-order valence-corrected chi connectivity index (χ4v) is 1.72. The van der Waals surface area contributed by atoms with Gasteiger partial charge in [-0.3, -0.25) is 4.98 Å². The molecular formula is C11H17NO. The van der Waals surface area contributed by atoms with E-state index >= 15 is 0 Å². The molecule has 0 saturated heterocycles. The minimum atomic E-state index is -0.286. The third kappa shape index (κ3) is 2.28. The number of hydrogen-bond acceptors (Lipinski definition) is 2. The summed E-state index contributed by atoms with van der Waals surface area (Å²) in [7, 11) is 0. The number of aryl methyl sites for hydroxylation is 1. The van der Waals surface area contributed by atoms with Crippen molar-refractivity contribution in [1.29, 1.82) is 0 Å². The average molecular weight is 179 g/mol. The normalized spacial score (nSPS) is 15.4. The van der Waals surface area contributed by atoms with E-state index in [0.29, 0.717) is 0 Å². The SMILES string of the molecule is CCC(c1ccncc1C)C(C)O. The Balaban J connectivity index is 2.97. The van der Waals surface area contributed by atoms with Crippen molar-refractivity contribution in [3.63, 3.8) is 0 Å². The Morgan fingerprint density at radius 1 is 1.54 bits per heavy atom. The molecule has 1 aromatic rings. The quantitative estimate of drug-likeness (QED) is 0.772. The molecule has 0 aliphatic heterocycles. The predicted octanol–water partition coefficient (Wildman–Crippen LogP) is 2.26. The molecule has 2 nitrogen and oxygen atoms in total. The van der Waals surface area contributed by atoms with Crippen LogP contribution in [0.3, 0.4) is 0 Å².